The number of hydrogen-bond donors (Lipinski definition) is 2. The van der Waals surface area contributed by atoms with Gasteiger partial charge in [0, 0.05) is 12.1 Å². The second-order valence-corrected chi connectivity index (χ2v) is 4.59. The topological polar surface area (TPSA) is 49.3 Å². The van der Waals surface area contributed by atoms with Crippen LogP contribution in [0.4, 0.5) is 4.39 Å². The van der Waals surface area contributed by atoms with Gasteiger partial charge in [-0.15, -0.1) is 0 Å². The Morgan fingerprint density at radius 1 is 1.59 bits per heavy atom. The predicted octanol–water partition coefficient (Wildman–Crippen LogP) is 2.48. The summed E-state index contributed by atoms with van der Waals surface area (Å²) in [6.45, 7) is 2.28. The fourth-order valence-corrected chi connectivity index (χ4v) is 1.67. The number of carbonyl (C=O) groups excluding carboxylic acids is 1. The van der Waals surface area contributed by atoms with E-state index in [1.54, 1.807) is 0 Å². The highest BCUT2D eigenvalue weighted by molar-refractivity contribution is 9.10. The minimum atomic E-state index is -0.400. The van der Waals surface area contributed by atoms with Crippen molar-refractivity contribution >= 4 is 21.8 Å². The molecule has 0 heterocycles. The molecule has 0 saturated heterocycles. The van der Waals surface area contributed by atoms with Gasteiger partial charge < -0.3 is 10.4 Å². The molecule has 1 amide bonds. The average Bonchev–Trinajstić information content (AvgIpc) is 2.32. The van der Waals surface area contributed by atoms with Crippen LogP contribution in [0.3, 0.4) is 0 Å². The van der Waals surface area contributed by atoms with Crippen molar-refractivity contribution in [1.82, 2.24) is 5.32 Å². The van der Waals surface area contributed by atoms with Crippen LogP contribution in [0, 0.1) is 5.82 Å². The molecule has 1 atom stereocenters. The average molecular weight is 304 g/mol. The summed E-state index contributed by atoms with van der Waals surface area (Å²) in [5.74, 6) is -0.669. The van der Waals surface area contributed by atoms with Crippen molar-refractivity contribution in [3.05, 3.63) is 34.1 Å². The number of aliphatic hydroxyl groups is 1. The Balaban J connectivity index is 2.50. The minimum Gasteiger partial charge on any atom is -0.393 e. The van der Waals surface area contributed by atoms with Gasteiger partial charge in [0.1, 0.15) is 5.82 Å². The zero-order valence-corrected chi connectivity index (χ0v) is 11.1. The number of rotatable bonds is 5. The summed E-state index contributed by atoms with van der Waals surface area (Å²) in [6.07, 6.45) is 0.790. The van der Waals surface area contributed by atoms with E-state index in [1.165, 1.54) is 18.2 Å². The van der Waals surface area contributed by atoms with Crippen molar-refractivity contribution in [2.75, 3.05) is 6.54 Å². The molecule has 17 heavy (non-hydrogen) atoms. The van der Waals surface area contributed by atoms with Crippen molar-refractivity contribution in [2.45, 2.75) is 25.9 Å². The Labute approximate surface area is 108 Å². The van der Waals surface area contributed by atoms with Gasteiger partial charge in [0.2, 0.25) is 0 Å². The summed E-state index contributed by atoms with van der Waals surface area (Å²) in [7, 11) is 0. The molecule has 0 aromatic heterocycles. The van der Waals surface area contributed by atoms with Crippen LogP contribution in [0.2, 0.25) is 0 Å². The first-order valence-corrected chi connectivity index (χ1v) is 6.25. The molecule has 0 aliphatic heterocycles. The molecule has 1 aromatic rings. The number of nitrogens with one attached hydrogen (secondary N) is 1. The van der Waals surface area contributed by atoms with Crippen molar-refractivity contribution in [1.29, 1.82) is 0 Å². The molecule has 0 spiro atoms. The molecule has 1 unspecified atom stereocenters. The van der Waals surface area contributed by atoms with Crippen LogP contribution in [0.25, 0.3) is 0 Å². The van der Waals surface area contributed by atoms with Gasteiger partial charge in [0.25, 0.3) is 5.91 Å². The van der Waals surface area contributed by atoms with Gasteiger partial charge in [-0.2, -0.15) is 0 Å². The van der Waals surface area contributed by atoms with Crippen molar-refractivity contribution in [3.8, 4) is 0 Å². The van der Waals surface area contributed by atoms with Crippen molar-refractivity contribution in [3.63, 3.8) is 0 Å². The number of benzene rings is 1. The quantitative estimate of drug-likeness (QED) is 0.878. The van der Waals surface area contributed by atoms with Crippen LogP contribution in [0.5, 0.6) is 0 Å². The highest BCUT2D eigenvalue weighted by atomic mass is 79.9. The lowest BCUT2D eigenvalue weighted by Crippen LogP contribution is -2.27. The molecular formula is C12H15BrFNO2. The summed E-state index contributed by atoms with van der Waals surface area (Å²) in [5, 5.41) is 12.0. The summed E-state index contributed by atoms with van der Waals surface area (Å²) in [4.78, 5) is 11.6. The largest absolute Gasteiger partial charge is 0.393 e. The smallest absolute Gasteiger partial charge is 0.251 e. The zero-order chi connectivity index (χ0) is 12.8. The van der Waals surface area contributed by atoms with Crippen LogP contribution in [0.1, 0.15) is 30.1 Å². The third kappa shape index (κ3) is 4.44. The number of aliphatic hydroxyl groups excluding tert-OH is 1. The molecule has 0 saturated carbocycles. The third-order valence-corrected chi connectivity index (χ3v) is 3.02. The second kappa shape index (κ2) is 6.71. The first-order chi connectivity index (χ1) is 8.04. The maximum absolute atomic E-state index is 13.0. The van der Waals surface area contributed by atoms with E-state index in [-0.39, 0.29) is 10.4 Å². The predicted molar refractivity (Wildman–Crippen MR) is 67.3 cm³/mol. The highest BCUT2D eigenvalue weighted by Gasteiger charge is 2.08. The van der Waals surface area contributed by atoms with Crippen LogP contribution < -0.4 is 5.32 Å². The lowest BCUT2D eigenvalue weighted by molar-refractivity contribution is 0.0942. The molecule has 0 aliphatic rings. The third-order valence-electron chi connectivity index (χ3n) is 2.42. The highest BCUT2D eigenvalue weighted by Crippen LogP contribution is 2.16. The van der Waals surface area contributed by atoms with E-state index in [0.29, 0.717) is 24.9 Å². The van der Waals surface area contributed by atoms with Crippen molar-refractivity contribution in [2.24, 2.45) is 0 Å². The van der Waals surface area contributed by atoms with E-state index in [0.717, 1.165) is 0 Å². The van der Waals surface area contributed by atoms with E-state index in [2.05, 4.69) is 21.2 Å². The van der Waals surface area contributed by atoms with Gasteiger partial charge in [-0.05, 0) is 47.0 Å². The van der Waals surface area contributed by atoms with Crippen LogP contribution in [0.15, 0.2) is 22.7 Å². The van der Waals surface area contributed by atoms with Gasteiger partial charge in [-0.3, -0.25) is 4.79 Å². The molecule has 5 heteroatoms. The van der Waals surface area contributed by atoms with Gasteiger partial charge in [0.15, 0.2) is 0 Å². The molecule has 1 rings (SSSR count). The second-order valence-electron chi connectivity index (χ2n) is 3.74. The van der Waals surface area contributed by atoms with Gasteiger partial charge in [-0.1, -0.05) is 6.92 Å². The summed E-state index contributed by atoms with van der Waals surface area (Å²) >= 11 is 3.02. The van der Waals surface area contributed by atoms with E-state index in [4.69, 9.17) is 0 Å². The number of amides is 1. The van der Waals surface area contributed by atoms with Crippen LogP contribution in [-0.4, -0.2) is 23.7 Å². The zero-order valence-electron chi connectivity index (χ0n) is 9.54. The Bertz CT molecular complexity index is 398. The Kier molecular flexibility index (Phi) is 5.58. The maximum atomic E-state index is 13.0. The van der Waals surface area contributed by atoms with Gasteiger partial charge in [0.05, 0.1) is 10.6 Å². The number of halogens is 2. The lowest BCUT2D eigenvalue weighted by Gasteiger charge is -2.09. The summed E-state index contributed by atoms with van der Waals surface area (Å²) in [5.41, 5.74) is 0.393. The Hall–Kier alpha value is -0.940. The van der Waals surface area contributed by atoms with E-state index in [9.17, 15) is 14.3 Å². The normalized spacial score (nSPS) is 12.2. The maximum Gasteiger partial charge on any atom is 0.251 e. The fourth-order valence-electron chi connectivity index (χ4n) is 1.30. The molecule has 0 radical (unpaired) electrons. The monoisotopic (exact) mass is 303 g/mol. The van der Waals surface area contributed by atoms with E-state index >= 15 is 0 Å². The number of hydrogen-bond acceptors (Lipinski definition) is 2. The fraction of sp³-hybridized carbons (Fsp3) is 0.417. The molecule has 1 aromatic carbocycles. The molecule has 2 N–H and O–H groups in total. The molecule has 3 nitrogen and oxygen atoms in total. The minimum absolute atomic E-state index is 0.263. The Morgan fingerprint density at radius 3 is 2.88 bits per heavy atom. The first kappa shape index (κ1) is 14.1. The van der Waals surface area contributed by atoms with E-state index in [1.807, 2.05) is 6.92 Å². The van der Waals surface area contributed by atoms with Crippen LogP contribution in [-0.2, 0) is 0 Å². The Morgan fingerprint density at radius 2 is 2.29 bits per heavy atom. The first-order valence-electron chi connectivity index (χ1n) is 5.46. The standard InChI is InChI=1S/C12H15BrFNO2/c1-2-9(16)5-6-15-12(17)8-3-4-11(14)10(13)7-8/h3-4,7,9,16H,2,5-6H2,1H3,(H,15,17). The molecular weight excluding hydrogens is 289 g/mol. The van der Waals surface area contributed by atoms with Gasteiger partial charge in [-0.25, -0.2) is 4.39 Å². The van der Waals surface area contributed by atoms with Gasteiger partial charge >= 0.3 is 0 Å². The number of carbonyl (C=O) groups is 1. The van der Waals surface area contributed by atoms with Crippen molar-refractivity contribution < 1.29 is 14.3 Å². The lowest BCUT2D eigenvalue weighted by atomic mass is 10.2. The molecule has 0 bridgehead atoms. The summed E-state index contributed by atoms with van der Waals surface area (Å²) in [6, 6.07) is 4.09. The molecule has 0 aliphatic carbocycles. The molecule has 94 valence electrons. The summed E-state index contributed by atoms with van der Waals surface area (Å²) < 4.78 is 13.2. The van der Waals surface area contributed by atoms with E-state index < -0.39 is 11.9 Å². The van der Waals surface area contributed by atoms with Crippen LogP contribution >= 0.6 is 15.9 Å². The SMILES string of the molecule is CCC(O)CCNC(=O)c1ccc(F)c(Br)c1. The molecule has 0 fully saturated rings.